The highest BCUT2D eigenvalue weighted by Gasteiger charge is 2.36. The molecule has 0 spiro atoms. The van der Waals surface area contributed by atoms with Crippen molar-refractivity contribution in [2.45, 2.75) is 157 Å². The predicted molar refractivity (Wildman–Crippen MR) is 452 cm³/mol. The molecule has 2 saturated heterocycles. The number of rotatable bonds is 35. The molecule has 2 aliphatic heterocycles. The first-order chi connectivity index (χ1) is 58.7. The van der Waals surface area contributed by atoms with Crippen LogP contribution in [0.2, 0.25) is 0 Å². The van der Waals surface area contributed by atoms with Crippen LogP contribution in [0.15, 0.2) is 149 Å². The second kappa shape index (κ2) is 48.1. The normalized spacial score (nSPS) is 19.0. The number of benzene rings is 5. The molecule has 25 N–H and O–H groups in total. The van der Waals surface area contributed by atoms with E-state index in [-0.39, 0.29) is 134 Å². The number of nitrogens with two attached hydrogens (primary N) is 2. The van der Waals surface area contributed by atoms with E-state index in [4.69, 9.17) is 22.3 Å². The maximum absolute atomic E-state index is 14.7. The lowest BCUT2D eigenvalue weighted by molar-refractivity contribution is -0.141. The van der Waals surface area contributed by atoms with Crippen LogP contribution >= 0.6 is 0 Å². The van der Waals surface area contributed by atoms with Crippen molar-refractivity contribution in [1.29, 1.82) is 10.8 Å². The van der Waals surface area contributed by atoms with Crippen LogP contribution in [0.3, 0.4) is 0 Å². The largest absolute Gasteiger partial charge is 0.481 e. The molecule has 13 amide bonds. The van der Waals surface area contributed by atoms with Crippen molar-refractivity contribution in [2.24, 2.45) is 16.6 Å². The Morgan fingerprint density at radius 2 is 1.01 bits per heavy atom. The molecule has 0 bridgehead atoms. The minimum absolute atomic E-state index is 0. The summed E-state index contributed by atoms with van der Waals surface area (Å²) in [7, 11) is -4.63. The van der Waals surface area contributed by atoms with Gasteiger partial charge in [0.25, 0.3) is 21.9 Å². The fraction of sp³-hybridized carbons (Fsp3) is 0.370. The molecule has 43 heteroatoms. The van der Waals surface area contributed by atoms with Crippen molar-refractivity contribution in [3.8, 4) is 0 Å². The molecule has 0 saturated carbocycles. The summed E-state index contributed by atoms with van der Waals surface area (Å²) in [6.45, 7) is -1.75. The number of carboxylic acid groups (broad SMARTS) is 2. The van der Waals surface area contributed by atoms with Gasteiger partial charge in [-0.2, -0.15) is 13.5 Å². The number of aromatic nitrogens is 1. The third-order valence-corrected chi connectivity index (χ3v) is 20.1. The number of hydrogen-bond acceptors (Lipinski definition) is 22. The lowest BCUT2D eigenvalue weighted by Crippen LogP contribution is -2.58. The van der Waals surface area contributed by atoms with Gasteiger partial charge in [0.05, 0.1) is 37.7 Å². The molecule has 1 aromatic heterocycles. The van der Waals surface area contributed by atoms with Gasteiger partial charge in [0, 0.05) is 57.2 Å². The molecule has 42 nitrogen and oxygen atoms in total. The zero-order valence-electron chi connectivity index (χ0n) is 66.5. The predicted octanol–water partition coefficient (Wildman–Crippen LogP) is -1.61. The lowest BCUT2D eigenvalue weighted by atomic mass is 10.00. The van der Waals surface area contributed by atoms with Crippen molar-refractivity contribution < 1.29 is 95.1 Å². The average molecular weight is 1740 g/mol. The molecular formula is C81H102N22O20S. The van der Waals surface area contributed by atoms with Gasteiger partial charge in [-0.05, 0) is 115 Å². The smallest absolute Gasteiger partial charge is 0.305 e. The Kier molecular flexibility index (Phi) is 37.4. The summed E-state index contributed by atoms with van der Waals surface area (Å²) < 4.78 is 33.6. The number of fused-ring (bicyclic) bond motifs is 2. The van der Waals surface area contributed by atoms with Crippen molar-refractivity contribution in [3.05, 3.63) is 162 Å². The van der Waals surface area contributed by atoms with Crippen LogP contribution in [-0.4, -0.2) is 223 Å². The quantitative estimate of drug-likeness (QED) is 0.00532. The molecule has 3 heterocycles. The van der Waals surface area contributed by atoms with Crippen LogP contribution in [0.5, 0.6) is 0 Å². The van der Waals surface area contributed by atoms with E-state index in [0.29, 0.717) is 11.1 Å². The van der Waals surface area contributed by atoms with Crippen LogP contribution < -0.4 is 96.6 Å². The molecule has 124 heavy (non-hydrogen) atoms. The van der Waals surface area contributed by atoms with E-state index in [1.807, 2.05) is 30.3 Å². The Morgan fingerprint density at radius 3 is 1.54 bits per heavy atom. The number of guanidine groups is 2. The summed E-state index contributed by atoms with van der Waals surface area (Å²) in [6.07, 6.45) is 0.208. The number of nitrogens with one attached hydrogen (secondary N) is 18. The first-order valence-corrected chi connectivity index (χ1v) is 40.6. The molecule has 8 atom stereocenters. The van der Waals surface area contributed by atoms with Gasteiger partial charge in [-0.3, -0.25) is 92.7 Å². The van der Waals surface area contributed by atoms with Crippen LogP contribution in [0.4, 0.5) is 5.82 Å². The third-order valence-electron chi connectivity index (χ3n) is 19.2. The third kappa shape index (κ3) is 31.9. The topological polar surface area (TPSA) is 668 Å². The van der Waals surface area contributed by atoms with Gasteiger partial charge in [-0.25, -0.2) is 4.98 Å². The second-order valence-electron chi connectivity index (χ2n) is 28.6. The van der Waals surface area contributed by atoms with Gasteiger partial charge in [0.2, 0.25) is 65.0 Å². The summed E-state index contributed by atoms with van der Waals surface area (Å²) >= 11 is 0. The SMILES string of the molecule is C.N=C(N)NCCC[C@@H]1NC(=O)/C(=C\CCCNC(=O)C(CCC(=O)NCCCC[C@@H]2NC(=O)[C@@H](Cc3ccc4ccccc4c3)NC(=O)[C@H](CC(=O)O)NC(=O)CNC(=O)[C@H](CCCNC(=N)N)NC2=O)NC(=O)c2ccc(NN=Cc3ccccc3S(=O)(=O)O)nc2)NC(=O)[C@@H](Cc2ccc3ccccc3c2)NC(=O)[C@H](CC(=O)O)NC(=O)CNC1=O. The number of amides is 13. The Hall–Kier alpha value is -14.5. The number of allylic oxidation sites excluding steroid dienone is 1. The Balaban J connectivity index is 0.0000211. The van der Waals surface area contributed by atoms with E-state index in [1.165, 1.54) is 36.4 Å². The fourth-order valence-electron chi connectivity index (χ4n) is 12.9. The molecule has 0 aliphatic carbocycles. The molecule has 5 aromatic carbocycles. The minimum Gasteiger partial charge on any atom is -0.481 e. The number of carbonyl (C=O) groups is 15. The van der Waals surface area contributed by atoms with Crippen molar-refractivity contribution in [2.75, 3.05) is 44.7 Å². The summed E-state index contributed by atoms with van der Waals surface area (Å²) in [5, 5.41) is 80.0. The van der Waals surface area contributed by atoms with Crippen LogP contribution in [0.25, 0.3) is 21.5 Å². The number of aliphatic carboxylic acids is 2. The molecule has 2 fully saturated rings. The van der Waals surface area contributed by atoms with E-state index in [9.17, 15) is 95.1 Å². The summed E-state index contributed by atoms with van der Waals surface area (Å²) in [5.74, 6) is -15.9. The number of hydrogen-bond donors (Lipinski definition) is 23. The van der Waals surface area contributed by atoms with Gasteiger partial charge in [0.15, 0.2) is 11.9 Å². The number of carboxylic acids is 2. The maximum Gasteiger partial charge on any atom is 0.305 e. The van der Waals surface area contributed by atoms with Crippen LogP contribution in [0.1, 0.15) is 118 Å². The Morgan fingerprint density at radius 1 is 0.532 bits per heavy atom. The molecular weight excluding hydrogens is 1630 g/mol. The van der Waals surface area contributed by atoms with E-state index >= 15 is 0 Å². The molecule has 1 unspecified atom stereocenters. The molecule has 6 aromatic rings. The average Bonchev–Trinajstić information content (AvgIpc) is 1.18. The number of pyridine rings is 1. The molecule has 2 aliphatic rings. The fourth-order valence-corrected chi connectivity index (χ4v) is 13.6. The van der Waals surface area contributed by atoms with Gasteiger partial charge in [-0.1, -0.05) is 117 Å². The highest BCUT2D eigenvalue weighted by atomic mass is 32.2. The highest BCUT2D eigenvalue weighted by molar-refractivity contribution is 7.86. The molecule has 0 radical (unpaired) electrons. The summed E-state index contributed by atoms with van der Waals surface area (Å²) in [5.41, 5.74) is 14.0. The zero-order valence-corrected chi connectivity index (χ0v) is 67.3. The molecule has 8 rings (SSSR count). The highest BCUT2D eigenvalue weighted by Crippen LogP contribution is 2.21. The van der Waals surface area contributed by atoms with Gasteiger partial charge in [0.1, 0.15) is 64.7 Å². The Bertz CT molecular complexity index is 5110. The van der Waals surface area contributed by atoms with Crippen molar-refractivity contribution in [1.82, 2.24) is 84.7 Å². The molecule has 662 valence electrons. The Labute approximate surface area is 711 Å². The van der Waals surface area contributed by atoms with Crippen molar-refractivity contribution >= 4 is 144 Å². The monoisotopic (exact) mass is 1730 g/mol. The van der Waals surface area contributed by atoms with E-state index in [0.717, 1.165) is 40.0 Å². The number of anilines is 1. The number of carbonyl (C=O) groups excluding carboxylic acids is 13. The second-order valence-corrected chi connectivity index (χ2v) is 30.0. The lowest BCUT2D eigenvalue weighted by Gasteiger charge is -2.26. The maximum atomic E-state index is 14.7. The van der Waals surface area contributed by atoms with Crippen LogP contribution in [-0.2, 0) is 90.1 Å². The van der Waals surface area contributed by atoms with E-state index < -0.39 is 196 Å². The van der Waals surface area contributed by atoms with E-state index in [1.54, 1.807) is 54.6 Å². The van der Waals surface area contributed by atoms with Gasteiger partial charge in [-0.15, -0.1) is 0 Å². The van der Waals surface area contributed by atoms with Crippen molar-refractivity contribution in [3.63, 3.8) is 0 Å². The summed E-state index contributed by atoms with van der Waals surface area (Å²) in [6, 6.07) is 20.7. The standard InChI is InChI=1S/C80H98N22O20S.CH4/c81-79(82)87-33-11-20-53-71(112)90-43-65(104)93-60(39-67(106)107)77(118)100-58(37-45-23-25-47-13-1-3-15-49(47)35-45)75(116)98-55(73(114)96-53)18-7-9-31-85-64(103)30-28-57(95-69(110)52-27-29-63(89-41-52)102-92-42-51-17-5-6-22-62(51)123(120,121)122)70(111)86-32-10-8-19-56-74(115)97-54(21-12-34-88-80(83)84)72(113)91-44-66(105)94-61(40-68(108)109)78(119)101-59(76(117)99-56)38-46-24-26-48-14-2-4-16-50(48)36-46;/h1-6,13-17,19,22-27,29,35-36,41-42,53-55,57-61H,7-12,18,20-21,28,30-34,37-40,43-44H2,(H,85,103)(H,86,111)(H,89,102)(H,90,112)(H,91,113)(H,93,104)(H,94,105)(H,95,110)(H,96,114)(H,97,115)(H,98,116)(H,99,117)(H,100,118)(H,101,119)(H,106,107)(H,108,109)(H4,81,82,87)(H4,83,84,88)(H,120,121,122);1H4/b56-19+,92-42?;/t53-,54-,55-,57?,58+,59+,60-,61-;/m0./s1. The number of hydrazone groups is 1. The number of nitrogens with zero attached hydrogens (tertiary/aromatic N) is 2. The van der Waals surface area contributed by atoms with Crippen LogP contribution in [0, 0.1) is 10.8 Å². The summed E-state index contributed by atoms with van der Waals surface area (Å²) in [4.78, 5) is 211. The number of unbranched alkanes of at least 4 members (excludes halogenated alkanes) is 2. The minimum atomic E-state index is -4.63. The van der Waals surface area contributed by atoms with Gasteiger partial charge >= 0.3 is 11.9 Å². The first kappa shape index (κ1) is 96.6. The van der Waals surface area contributed by atoms with Gasteiger partial charge < -0.3 is 101 Å². The zero-order chi connectivity index (χ0) is 89.1. The first-order valence-electron chi connectivity index (χ1n) is 39.1. The van der Waals surface area contributed by atoms with E-state index in [2.05, 4.69) is 95.3 Å².